The predicted octanol–water partition coefficient (Wildman–Crippen LogP) is 2.12. The fourth-order valence-electron chi connectivity index (χ4n) is 1.82. The molecule has 0 aliphatic heterocycles. The minimum absolute atomic E-state index is 0.0476. The Labute approximate surface area is 120 Å². The van der Waals surface area contributed by atoms with Crippen LogP contribution >= 0.6 is 0 Å². The van der Waals surface area contributed by atoms with E-state index in [9.17, 15) is 9.59 Å². The fraction of sp³-hybridized carbons (Fsp3) is 0.375. The van der Waals surface area contributed by atoms with Crippen LogP contribution in [0.25, 0.3) is 5.57 Å². The zero-order valence-electron chi connectivity index (χ0n) is 12.1. The third-order valence-corrected chi connectivity index (χ3v) is 2.86. The molecule has 0 unspecified atom stereocenters. The molecule has 2 N–H and O–H groups in total. The lowest BCUT2D eigenvalue weighted by molar-refractivity contribution is -0.119. The van der Waals surface area contributed by atoms with Crippen LogP contribution in [-0.4, -0.2) is 24.9 Å². The Morgan fingerprint density at radius 3 is 2.35 bits per heavy atom. The minimum Gasteiger partial charge on any atom is -0.356 e. The zero-order chi connectivity index (χ0) is 14.8. The van der Waals surface area contributed by atoms with Gasteiger partial charge in [-0.2, -0.15) is 0 Å². The molecule has 0 atom stereocenters. The standard InChI is InChI=1S/C16H22N2O2/c1-3-14(15-8-5-4-6-9-15)12-16(20)18-11-7-10-17-13(2)19/h4-6,8-9,12H,3,7,10-11H2,1-2H3,(H,17,19)(H,18,20)/b14-12+. The molecule has 0 spiro atoms. The van der Waals surface area contributed by atoms with E-state index in [1.807, 2.05) is 37.3 Å². The van der Waals surface area contributed by atoms with Gasteiger partial charge in [-0.05, 0) is 24.0 Å². The number of carbonyl (C=O) groups excluding carboxylic acids is 2. The van der Waals surface area contributed by atoms with Gasteiger partial charge in [0.25, 0.3) is 0 Å². The number of nitrogens with one attached hydrogen (secondary N) is 2. The highest BCUT2D eigenvalue weighted by Crippen LogP contribution is 2.16. The summed E-state index contributed by atoms with van der Waals surface area (Å²) >= 11 is 0. The summed E-state index contributed by atoms with van der Waals surface area (Å²) in [5.41, 5.74) is 2.09. The average Bonchev–Trinajstić information content (AvgIpc) is 2.45. The highest BCUT2D eigenvalue weighted by Gasteiger charge is 2.02. The number of benzene rings is 1. The first-order valence-electron chi connectivity index (χ1n) is 6.91. The van der Waals surface area contributed by atoms with Gasteiger partial charge in [0.05, 0.1) is 0 Å². The van der Waals surface area contributed by atoms with Crippen LogP contribution in [-0.2, 0) is 9.59 Å². The topological polar surface area (TPSA) is 58.2 Å². The van der Waals surface area contributed by atoms with E-state index >= 15 is 0 Å². The van der Waals surface area contributed by atoms with Gasteiger partial charge in [-0.25, -0.2) is 0 Å². The Hall–Kier alpha value is -2.10. The number of amides is 2. The first kappa shape index (κ1) is 16.0. The van der Waals surface area contributed by atoms with Crippen molar-refractivity contribution < 1.29 is 9.59 Å². The van der Waals surface area contributed by atoms with E-state index in [1.54, 1.807) is 6.08 Å². The predicted molar refractivity (Wildman–Crippen MR) is 81.0 cm³/mol. The molecule has 0 aliphatic rings. The highest BCUT2D eigenvalue weighted by molar-refractivity contribution is 5.95. The van der Waals surface area contributed by atoms with Gasteiger partial charge in [0.15, 0.2) is 0 Å². The van der Waals surface area contributed by atoms with Crippen molar-refractivity contribution in [1.29, 1.82) is 0 Å². The van der Waals surface area contributed by atoms with Gasteiger partial charge in [0.2, 0.25) is 11.8 Å². The number of rotatable bonds is 7. The lowest BCUT2D eigenvalue weighted by Crippen LogP contribution is -2.27. The molecule has 0 radical (unpaired) electrons. The summed E-state index contributed by atoms with van der Waals surface area (Å²) in [7, 11) is 0. The monoisotopic (exact) mass is 274 g/mol. The minimum atomic E-state index is -0.0893. The third kappa shape index (κ3) is 6.18. The van der Waals surface area contributed by atoms with E-state index in [-0.39, 0.29) is 11.8 Å². The molecule has 2 amide bonds. The van der Waals surface area contributed by atoms with Crippen molar-refractivity contribution in [3.63, 3.8) is 0 Å². The molecule has 108 valence electrons. The average molecular weight is 274 g/mol. The maximum Gasteiger partial charge on any atom is 0.244 e. The molecule has 1 aromatic rings. The number of allylic oxidation sites excluding steroid dienone is 1. The van der Waals surface area contributed by atoms with Gasteiger partial charge >= 0.3 is 0 Å². The maximum absolute atomic E-state index is 11.8. The Bertz CT molecular complexity index is 467. The SMILES string of the molecule is CC/C(=C\C(=O)NCCCNC(C)=O)c1ccccc1. The molecular formula is C16H22N2O2. The van der Waals surface area contributed by atoms with Crippen LogP contribution in [0.15, 0.2) is 36.4 Å². The third-order valence-electron chi connectivity index (χ3n) is 2.86. The fourth-order valence-corrected chi connectivity index (χ4v) is 1.82. The van der Waals surface area contributed by atoms with E-state index in [0.29, 0.717) is 13.1 Å². The summed E-state index contributed by atoms with van der Waals surface area (Å²) in [5.74, 6) is -0.137. The molecule has 0 aromatic heterocycles. The molecular weight excluding hydrogens is 252 g/mol. The Morgan fingerprint density at radius 2 is 1.75 bits per heavy atom. The first-order valence-corrected chi connectivity index (χ1v) is 6.91. The van der Waals surface area contributed by atoms with E-state index in [2.05, 4.69) is 10.6 Å². The number of carbonyl (C=O) groups is 2. The Morgan fingerprint density at radius 1 is 1.10 bits per heavy atom. The summed E-state index contributed by atoms with van der Waals surface area (Å²) in [4.78, 5) is 22.5. The quantitative estimate of drug-likeness (QED) is 0.591. The van der Waals surface area contributed by atoms with Crippen LogP contribution in [0.2, 0.25) is 0 Å². The van der Waals surface area contributed by atoms with Crippen LogP contribution in [0.1, 0.15) is 32.3 Å². The van der Waals surface area contributed by atoms with E-state index in [0.717, 1.165) is 24.0 Å². The van der Waals surface area contributed by atoms with Crippen molar-refractivity contribution in [2.75, 3.05) is 13.1 Å². The lowest BCUT2D eigenvalue weighted by atomic mass is 10.0. The van der Waals surface area contributed by atoms with E-state index in [1.165, 1.54) is 6.92 Å². The van der Waals surface area contributed by atoms with Crippen LogP contribution in [0, 0.1) is 0 Å². The molecule has 0 saturated carbocycles. The van der Waals surface area contributed by atoms with Crippen molar-refractivity contribution in [3.05, 3.63) is 42.0 Å². The smallest absolute Gasteiger partial charge is 0.244 e. The van der Waals surface area contributed by atoms with Gasteiger partial charge in [-0.15, -0.1) is 0 Å². The number of hydrogen-bond donors (Lipinski definition) is 2. The molecule has 0 fully saturated rings. The van der Waals surface area contributed by atoms with Crippen LogP contribution in [0.5, 0.6) is 0 Å². The van der Waals surface area contributed by atoms with E-state index in [4.69, 9.17) is 0 Å². The van der Waals surface area contributed by atoms with Gasteiger partial charge < -0.3 is 10.6 Å². The van der Waals surface area contributed by atoms with Gasteiger partial charge in [0, 0.05) is 26.1 Å². The summed E-state index contributed by atoms with van der Waals surface area (Å²) in [6.45, 7) is 4.65. The second-order valence-corrected chi connectivity index (χ2v) is 4.52. The molecule has 4 nitrogen and oxygen atoms in total. The van der Waals surface area contributed by atoms with Crippen molar-refractivity contribution in [1.82, 2.24) is 10.6 Å². The normalized spacial score (nSPS) is 11.0. The summed E-state index contributed by atoms with van der Waals surface area (Å²) in [6.07, 6.45) is 3.18. The Kier molecular flexibility index (Phi) is 7.11. The second kappa shape index (κ2) is 8.91. The Balaban J connectivity index is 2.42. The second-order valence-electron chi connectivity index (χ2n) is 4.52. The summed E-state index contributed by atoms with van der Waals surface area (Å²) in [6, 6.07) is 9.88. The molecule has 0 bridgehead atoms. The van der Waals surface area contributed by atoms with Crippen molar-refractivity contribution in [3.8, 4) is 0 Å². The molecule has 4 heteroatoms. The highest BCUT2D eigenvalue weighted by atomic mass is 16.2. The molecule has 20 heavy (non-hydrogen) atoms. The first-order chi connectivity index (χ1) is 9.63. The van der Waals surface area contributed by atoms with Crippen molar-refractivity contribution in [2.24, 2.45) is 0 Å². The van der Waals surface area contributed by atoms with Gasteiger partial charge in [0.1, 0.15) is 0 Å². The molecule has 1 aromatic carbocycles. The summed E-state index contributed by atoms with van der Waals surface area (Å²) < 4.78 is 0. The lowest BCUT2D eigenvalue weighted by Gasteiger charge is -2.06. The van der Waals surface area contributed by atoms with Crippen LogP contribution in [0.3, 0.4) is 0 Å². The molecule has 1 rings (SSSR count). The van der Waals surface area contributed by atoms with Gasteiger partial charge in [-0.3, -0.25) is 9.59 Å². The maximum atomic E-state index is 11.8. The molecule has 0 saturated heterocycles. The van der Waals surface area contributed by atoms with Crippen LogP contribution < -0.4 is 10.6 Å². The largest absolute Gasteiger partial charge is 0.356 e. The molecule has 0 aliphatic carbocycles. The number of hydrogen-bond acceptors (Lipinski definition) is 2. The van der Waals surface area contributed by atoms with Crippen molar-refractivity contribution in [2.45, 2.75) is 26.7 Å². The van der Waals surface area contributed by atoms with E-state index < -0.39 is 0 Å². The van der Waals surface area contributed by atoms with Crippen LogP contribution in [0.4, 0.5) is 0 Å². The molecule has 0 heterocycles. The van der Waals surface area contributed by atoms with Crippen molar-refractivity contribution >= 4 is 17.4 Å². The zero-order valence-corrected chi connectivity index (χ0v) is 12.1. The summed E-state index contributed by atoms with van der Waals surface area (Å²) in [5, 5.41) is 5.52. The van der Waals surface area contributed by atoms with Gasteiger partial charge in [-0.1, -0.05) is 37.3 Å².